The molecule has 0 spiro atoms. The normalized spacial score (nSPS) is 21.3. The minimum Gasteiger partial charge on any atom is -0.383 e. The number of thiophene rings is 1. The molecule has 3 aromatic rings. The number of hydrogen-bond donors (Lipinski definition) is 3. The van der Waals surface area contributed by atoms with Gasteiger partial charge in [-0.25, -0.2) is 4.99 Å². The van der Waals surface area contributed by atoms with Crippen molar-refractivity contribution >= 4 is 33.8 Å². The number of aliphatic imine (C=N–C) groups is 1. The van der Waals surface area contributed by atoms with Crippen LogP contribution in [0.2, 0.25) is 0 Å². The largest absolute Gasteiger partial charge is 0.383 e. The fourth-order valence-corrected chi connectivity index (χ4v) is 4.73. The van der Waals surface area contributed by atoms with E-state index in [2.05, 4.69) is 40.5 Å². The van der Waals surface area contributed by atoms with Gasteiger partial charge in [-0.05, 0) is 66.9 Å². The van der Waals surface area contributed by atoms with Gasteiger partial charge < -0.3 is 16.0 Å². The summed E-state index contributed by atoms with van der Waals surface area (Å²) in [5.41, 5.74) is 9.69. The zero-order valence-electron chi connectivity index (χ0n) is 15.2. The molecule has 4 nitrogen and oxygen atoms in total. The molecule has 1 aliphatic rings. The molecule has 0 bridgehead atoms. The van der Waals surface area contributed by atoms with Crippen molar-refractivity contribution in [2.45, 2.75) is 44.6 Å². The number of fused-ring (bicyclic) bond motifs is 1. The molecule has 136 valence electrons. The predicted octanol–water partition coefficient (Wildman–Crippen LogP) is 4.90. The van der Waals surface area contributed by atoms with Crippen LogP contribution in [0.15, 0.2) is 46.9 Å². The van der Waals surface area contributed by atoms with Crippen LogP contribution in [-0.4, -0.2) is 23.4 Å². The van der Waals surface area contributed by atoms with Crippen molar-refractivity contribution < 1.29 is 0 Å². The topological polar surface area (TPSA) is 66.2 Å². The van der Waals surface area contributed by atoms with E-state index >= 15 is 0 Å². The van der Waals surface area contributed by atoms with Gasteiger partial charge in [-0.15, -0.1) is 11.3 Å². The Kier molecular flexibility index (Phi) is 5.09. The van der Waals surface area contributed by atoms with E-state index in [1.165, 1.54) is 42.1 Å². The van der Waals surface area contributed by atoms with Gasteiger partial charge in [0.1, 0.15) is 5.84 Å². The minimum atomic E-state index is 0.585. The van der Waals surface area contributed by atoms with Crippen LogP contribution in [0.25, 0.3) is 10.9 Å². The zero-order chi connectivity index (χ0) is 17.9. The first-order chi connectivity index (χ1) is 12.7. The summed E-state index contributed by atoms with van der Waals surface area (Å²) in [5, 5.41) is 6.94. The Morgan fingerprint density at radius 1 is 1.35 bits per heavy atom. The van der Waals surface area contributed by atoms with E-state index in [-0.39, 0.29) is 0 Å². The number of amidine groups is 1. The lowest BCUT2D eigenvalue weighted by molar-refractivity contribution is 0.345. The molecule has 0 amide bonds. The number of benzene rings is 1. The maximum atomic E-state index is 6.17. The smallest absolute Gasteiger partial charge is 0.141 e. The van der Waals surface area contributed by atoms with Crippen molar-refractivity contribution in [2.75, 3.05) is 6.54 Å². The Labute approximate surface area is 158 Å². The van der Waals surface area contributed by atoms with E-state index in [9.17, 15) is 0 Å². The van der Waals surface area contributed by atoms with E-state index in [1.807, 2.05) is 23.6 Å². The quantitative estimate of drug-likeness (QED) is 0.444. The van der Waals surface area contributed by atoms with Crippen LogP contribution in [0.1, 0.15) is 49.0 Å². The third-order valence-electron chi connectivity index (χ3n) is 5.33. The highest BCUT2D eigenvalue weighted by Gasteiger charge is 2.24. The van der Waals surface area contributed by atoms with Crippen LogP contribution < -0.4 is 11.1 Å². The minimum absolute atomic E-state index is 0.585. The number of hydrogen-bond acceptors (Lipinski definition) is 3. The molecule has 2 aromatic heterocycles. The molecular weight excluding hydrogens is 340 g/mol. The Morgan fingerprint density at radius 3 is 3.08 bits per heavy atom. The van der Waals surface area contributed by atoms with E-state index in [1.54, 1.807) is 11.3 Å². The molecule has 1 aromatic carbocycles. The second-order valence-electron chi connectivity index (χ2n) is 7.07. The summed E-state index contributed by atoms with van der Waals surface area (Å²) < 4.78 is 0. The summed E-state index contributed by atoms with van der Waals surface area (Å²) in [6.45, 7) is 3.24. The summed E-state index contributed by atoms with van der Waals surface area (Å²) in [6, 6.07) is 11.0. The van der Waals surface area contributed by atoms with E-state index in [0.717, 1.165) is 17.1 Å². The van der Waals surface area contributed by atoms with Gasteiger partial charge in [-0.3, -0.25) is 0 Å². The van der Waals surface area contributed by atoms with E-state index < -0.39 is 0 Å². The van der Waals surface area contributed by atoms with Gasteiger partial charge in [0.2, 0.25) is 0 Å². The average molecular weight is 367 g/mol. The summed E-state index contributed by atoms with van der Waals surface area (Å²) in [7, 11) is 0. The van der Waals surface area contributed by atoms with Gasteiger partial charge in [0, 0.05) is 23.1 Å². The van der Waals surface area contributed by atoms with Gasteiger partial charge in [0.25, 0.3) is 0 Å². The fourth-order valence-electron chi connectivity index (χ4n) is 4.10. The number of H-pyrrole nitrogens is 1. The highest BCUT2D eigenvalue weighted by molar-refractivity contribution is 7.12. The number of aromatic nitrogens is 1. The Balaban J connectivity index is 1.64. The van der Waals surface area contributed by atoms with Gasteiger partial charge in [-0.2, -0.15) is 0 Å². The molecule has 4 N–H and O–H groups in total. The van der Waals surface area contributed by atoms with Gasteiger partial charge in [0.05, 0.1) is 10.6 Å². The number of nitrogens with two attached hydrogens (primary N) is 1. The number of rotatable bonds is 5. The van der Waals surface area contributed by atoms with Crippen LogP contribution in [-0.2, 0) is 0 Å². The van der Waals surface area contributed by atoms with Gasteiger partial charge >= 0.3 is 0 Å². The highest BCUT2D eigenvalue weighted by atomic mass is 32.1. The second kappa shape index (κ2) is 7.64. The molecule has 0 aliphatic heterocycles. The molecule has 0 saturated heterocycles. The lowest BCUT2D eigenvalue weighted by Gasteiger charge is -2.29. The SMILES string of the molecule is CCNC1CCCC(c2c[nH]c3ccc(N=C(N)c4cccs4)cc23)C1. The van der Waals surface area contributed by atoms with Crippen LogP contribution in [0.5, 0.6) is 0 Å². The van der Waals surface area contributed by atoms with Gasteiger partial charge in [-0.1, -0.05) is 19.4 Å². The first kappa shape index (κ1) is 17.3. The van der Waals surface area contributed by atoms with Crippen molar-refractivity contribution in [1.82, 2.24) is 10.3 Å². The van der Waals surface area contributed by atoms with Crippen LogP contribution >= 0.6 is 11.3 Å². The average Bonchev–Trinajstić information content (AvgIpc) is 3.32. The highest BCUT2D eigenvalue weighted by Crippen LogP contribution is 2.37. The molecule has 1 saturated carbocycles. The molecule has 26 heavy (non-hydrogen) atoms. The maximum absolute atomic E-state index is 6.17. The lowest BCUT2D eigenvalue weighted by atomic mass is 9.81. The molecular formula is C21H26N4S. The number of nitrogens with zero attached hydrogens (tertiary/aromatic N) is 1. The van der Waals surface area contributed by atoms with Crippen LogP contribution in [0.4, 0.5) is 5.69 Å². The molecule has 0 radical (unpaired) electrons. The van der Waals surface area contributed by atoms with E-state index in [4.69, 9.17) is 5.73 Å². The zero-order valence-corrected chi connectivity index (χ0v) is 16.0. The first-order valence-electron chi connectivity index (χ1n) is 9.47. The van der Waals surface area contributed by atoms with Crippen molar-refractivity contribution in [3.8, 4) is 0 Å². The molecule has 2 unspecified atom stereocenters. The fraction of sp³-hybridized carbons (Fsp3) is 0.381. The molecule has 2 atom stereocenters. The Bertz CT molecular complexity index is 892. The molecule has 2 heterocycles. The monoisotopic (exact) mass is 366 g/mol. The van der Waals surface area contributed by atoms with Gasteiger partial charge in [0.15, 0.2) is 0 Å². The van der Waals surface area contributed by atoms with E-state index in [0.29, 0.717) is 17.8 Å². The summed E-state index contributed by atoms with van der Waals surface area (Å²) >= 11 is 1.62. The van der Waals surface area contributed by atoms with Crippen molar-refractivity contribution in [2.24, 2.45) is 10.7 Å². The van der Waals surface area contributed by atoms with Crippen LogP contribution in [0.3, 0.4) is 0 Å². The second-order valence-corrected chi connectivity index (χ2v) is 8.01. The van der Waals surface area contributed by atoms with Crippen molar-refractivity contribution in [1.29, 1.82) is 0 Å². The molecule has 1 aliphatic carbocycles. The Morgan fingerprint density at radius 2 is 2.27 bits per heavy atom. The van der Waals surface area contributed by atoms with Crippen molar-refractivity contribution in [3.63, 3.8) is 0 Å². The Hall–Kier alpha value is -2.11. The maximum Gasteiger partial charge on any atom is 0.141 e. The summed E-state index contributed by atoms with van der Waals surface area (Å²) in [5.74, 6) is 1.19. The van der Waals surface area contributed by atoms with Crippen LogP contribution in [0, 0.1) is 0 Å². The molecule has 4 rings (SSSR count). The third kappa shape index (κ3) is 3.55. The molecule has 5 heteroatoms. The first-order valence-corrected chi connectivity index (χ1v) is 10.3. The summed E-state index contributed by atoms with van der Waals surface area (Å²) in [4.78, 5) is 9.10. The molecule has 1 fully saturated rings. The standard InChI is InChI=1S/C21H26N4S/c1-2-23-15-6-3-5-14(11-15)18-13-24-19-9-8-16(12-17(18)19)25-21(22)20-7-4-10-26-20/h4,7-10,12-15,23-24H,2-3,5-6,11H2,1H3,(H2,22,25). The third-order valence-corrected chi connectivity index (χ3v) is 6.22. The predicted molar refractivity (Wildman–Crippen MR) is 112 cm³/mol. The lowest BCUT2D eigenvalue weighted by Crippen LogP contribution is -2.33. The van der Waals surface area contributed by atoms with Crippen molar-refractivity contribution in [3.05, 3.63) is 52.3 Å². The number of aromatic amines is 1. The summed E-state index contributed by atoms with van der Waals surface area (Å²) in [6.07, 6.45) is 7.25. The number of nitrogens with one attached hydrogen (secondary N) is 2.